The van der Waals surface area contributed by atoms with Crippen LogP contribution in [-0.4, -0.2) is 19.1 Å². The fourth-order valence-electron chi connectivity index (χ4n) is 9.79. The van der Waals surface area contributed by atoms with Crippen molar-refractivity contribution in [2.24, 2.45) is 0 Å². The second-order valence-electron chi connectivity index (χ2n) is 16.8. The lowest BCUT2D eigenvalue weighted by Crippen LogP contribution is -2.09. The average Bonchev–Trinajstić information content (AvgIpc) is 3.90. The number of alkyl halides is 3. The van der Waals surface area contributed by atoms with E-state index >= 15 is 0 Å². The Labute approximate surface area is 388 Å². The molecule has 12 rings (SSSR count). The van der Waals surface area contributed by atoms with Crippen LogP contribution >= 0.6 is 0 Å². The number of hydrogen-bond acceptors (Lipinski definition) is 3. The van der Waals surface area contributed by atoms with Crippen molar-refractivity contribution in [3.05, 3.63) is 230 Å². The number of nitrogens with zero attached hydrogens (tertiary/aromatic N) is 5. The summed E-state index contributed by atoms with van der Waals surface area (Å²) in [7, 11) is 0. The van der Waals surface area contributed by atoms with Crippen molar-refractivity contribution in [2.75, 3.05) is 0 Å². The molecular formula is C60H36F3N5. The number of halogens is 3. The second kappa shape index (κ2) is 16.1. The first-order chi connectivity index (χ1) is 33.3. The van der Waals surface area contributed by atoms with E-state index in [0.29, 0.717) is 22.5 Å². The smallest absolute Gasteiger partial charge is 0.308 e. The zero-order valence-electron chi connectivity index (χ0n) is 36.2. The molecule has 0 amide bonds. The standard InChI is InChI=1S/C60H36F3N5/c61-60(62,63)51-20-10-7-17-45(51)44-35-58(67-54-21-11-8-18-46(54)48-31-40(23-25-56(48)67)42-27-29-65-52(33-42)38-13-3-1-4-14-38)50(37-64)59(36-44)68-55-22-12-9-19-47(55)49-32-41(24-26-57(49)68)43-28-30-66-53(34-43)39-15-5-2-6-16-39/h1-36H. The van der Waals surface area contributed by atoms with Gasteiger partial charge in [0, 0.05) is 45.1 Å². The maximum absolute atomic E-state index is 15.0. The monoisotopic (exact) mass is 883 g/mol. The molecule has 0 aliphatic carbocycles. The van der Waals surface area contributed by atoms with E-state index in [0.717, 1.165) is 94.4 Å². The molecule has 0 N–H and O–H groups in total. The minimum Gasteiger partial charge on any atom is -0.308 e. The quantitative estimate of drug-likeness (QED) is 0.160. The van der Waals surface area contributed by atoms with Gasteiger partial charge in [0.2, 0.25) is 0 Å². The van der Waals surface area contributed by atoms with Crippen LogP contribution in [0.5, 0.6) is 0 Å². The minimum atomic E-state index is -4.64. The van der Waals surface area contributed by atoms with Gasteiger partial charge in [0.05, 0.1) is 50.4 Å². The van der Waals surface area contributed by atoms with Gasteiger partial charge in [0.1, 0.15) is 11.6 Å². The third-order valence-electron chi connectivity index (χ3n) is 12.9. The summed E-state index contributed by atoms with van der Waals surface area (Å²) in [5, 5.41) is 15.2. The molecular weight excluding hydrogens is 848 g/mol. The van der Waals surface area contributed by atoms with Gasteiger partial charge in [-0.1, -0.05) is 127 Å². The molecule has 4 aromatic heterocycles. The lowest BCUT2D eigenvalue weighted by Gasteiger charge is -2.20. The third kappa shape index (κ3) is 6.79. The highest BCUT2D eigenvalue weighted by molar-refractivity contribution is 6.12. The zero-order valence-corrected chi connectivity index (χ0v) is 36.2. The van der Waals surface area contributed by atoms with Crippen LogP contribution < -0.4 is 0 Å². The molecule has 68 heavy (non-hydrogen) atoms. The van der Waals surface area contributed by atoms with Crippen LogP contribution in [0.2, 0.25) is 0 Å². The maximum atomic E-state index is 15.0. The Morgan fingerprint density at radius 1 is 0.382 bits per heavy atom. The molecule has 5 nitrogen and oxygen atoms in total. The summed E-state index contributed by atoms with van der Waals surface area (Å²) in [5.41, 5.74) is 11.6. The van der Waals surface area contributed by atoms with E-state index in [4.69, 9.17) is 0 Å². The number of rotatable bonds is 7. The van der Waals surface area contributed by atoms with E-state index < -0.39 is 11.7 Å². The molecule has 0 saturated carbocycles. The summed E-state index contributed by atoms with van der Waals surface area (Å²) < 4.78 is 49.0. The number of aromatic nitrogens is 4. The zero-order chi connectivity index (χ0) is 45.9. The van der Waals surface area contributed by atoms with Gasteiger partial charge in [0.15, 0.2) is 0 Å². The van der Waals surface area contributed by atoms with Crippen LogP contribution in [0.25, 0.3) is 111 Å². The van der Waals surface area contributed by atoms with Crippen molar-refractivity contribution in [1.29, 1.82) is 5.26 Å². The Morgan fingerprint density at radius 2 is 0.809 bits per heavy atom. The van der Waals surface area contributed by atoms with Crippen molar-refractivity contribution in [3.8, 4) is 73.3 Å². The minimum absolute atomic E-state index is 0.0110. The second-order valence-corrected chi connectivity index (χ2v) is 16.8. The van der Waals surface area contributed by atoms with Gasteiger partial charge in [-0.25, -0.2) is 0 Å². The Kier molecular flexibility index (Phi) is 9.59. The molecule has 0 fully saturated rings. The molecule has 4 heterocycles. The van der Waals surface area contributed by atoms with E-state index in [1.807, 2.05) is 167 Å². The van der Waals surface area contributed by atoms with Crippen molar-refractivity contribution in [2.45, 2.75) is 6.18 Å². The topological polar surface area (TPSA) is 59.4 Å². The average molecular weight is 884 g/mol. The fourth-order valence-corrected chi connectivity index (χ4v) is 9.79. The molecule has 0 unspecified atom stereocenters. The van der Waals surface area contributed by atoms with Crippen LogP contribution in [0.1, 0.15) is 11.1 Å². The molecule has 0 bridgehead atoms. The Bertz CT molecular complexity index is 3750. The van der Waals surface area contributed by atoms with E-state index in [1.165, 1.54) is 12.1 Å². The lowest BCUT2D eigenvalue weighted by molar-refractivity contribution is -0.137. The SMILES string of the molecule is N#Cc1c(-n2c3ccccc3c3cc(-c4ccnc(-c5ccccc5)c4)ccc32)cc(-c2ccccc2C(F)(F)F)cc1-n1c2ccccc2c2cc(-c3ccnc(-c4ccccc4)c3)ccc21. The van der Waals surface area contributed by atoms with Crippen LogP contribution in [-0.2, 0) is 6.18 Å². The van der Waals surface area contributed by atoms with Crippen LogP contribution in [0, 0.1) is 11.3 Å². The molecule has 0 aliphatic rings. The maximum Gasteiger partial charge on any atom is 0.417 e. The molecule has 8 aromatic carbocycles. The molecule has 8 heteroatoms. The van der Waals surface area contributed by atoms with Crippen LogP contribution in [0.3, 0.4) is 0 Å². The Morgan fingerprint density at radius 3 is 1.29 bits per heavy atom. The third-order valence-corrected chi connectivity index (χ3v) is 12.9. The van der Waals surface area contributed by atoms with Gasteiger partial charge in [-0.05, 0) is 112 Å². The van der Waals surface area contributed by atoms with E-state index in [2.05, 4.69) is 40.3 Å². The summed E-state index contributed by atoms with van der Waals surface area (Å²) in [4.78, 5) is 9.31. The van der Waals surface area contributed by atoms with Gasteiger partial charge in [-0.2, -0.15) is 18.4 Å². The van der Waals surface area contributed by atoms with Gasteiger partial charge < -0.3 is 9.13 Å². The molecule has 0 aliphatic heterocycles. The summed E-state index contributed by atoms with van der Waals surface area (Å²) in [6, 6.07) is 68.3. The molecule has 12 aromatic rings. The first kappa shape index (κ1) is 40.4. The number of para-hydroxylation sites is 2. The highest BCUT2D eigenvalue weighted by Gasteiger charge is 2.34. The first-order valence-corrected chi connectivity index (χ1v) is 22.2. The van der Waals surface area contributed by atoms with Crippen molar-refractivity contribution in [1.82, 2.24) is 19.1 Å². The van der Waals surface area contributed by atoms with Crippen molar-refractivity contribution >= 4 is 43.6 Å². The van der Waals surface area contributed by atoms with Gasteiger partial charge in [-0.3, -0.25) is 9.97 Å². The van der Waals surface area contributed by atoms with Crippen molar-refractivity contribution in [3.63, 3.8) is 0 Å². The summed E-state index contributed by atoms with van der Waals surface area (Å²) in [6.07, 6.45) is -1.02. The van der Waals surface area contributed by atoms with Gasteiger partial charge in [0.25, 0.3) is 0 Å². The number of hydrogen-bond donors (Lipinski definition) is 0. The Balaban J connectivity index is 1.11. The number of benzene rings is 8. The molecule has 0 saturated heterocycles. The normalized spacial score (nSPS) is 11.7. The highest BCUT2D eigenvalue weighted by atomic mass is 19.4. The summed E-state index contributed by atoms with van der Waals surface area (Å²) in [5.74, 6) is 0. The van der Waals surface area contributed by atoms with Gasteiger partial charge >= 0.3 is 6.18 Å². The predicted molar refractivity (Wildman–Crippen MR) is 268 cm³/mol. The lowest BCUT2D eigenvalue weighted by atomic mass is 9.96. The Hall–Kier alpha value is -9.06. The van der Waals surface area contributed by atoms with Crippen LogP contribution in [0.4, 0.5) is 13.2 Å². The first-order valence-electron chi connectivity index (χ1n) is 22.2. The molecule has 0 spiro atoms. The molecule has 0 atom stereocenters. The molecule has 0 radical (unpaired) electrons. The van der Waals surface area contributed by atoms with Gasteiger partial charge in [-0.15, -0.1) is 0 Å². The predicted octanol–water partition coefficient (Wildman–Crippen LogP) is 15.9. The largest absolute Gasteiger partial charge is 0.417 e. The number of pyridine rings is 2. The van der Waals surface area contributed by atoms with E-state index in [9.17, 15) is 18.4 Å². The molecule has 322 valence electrons. The number of fused-ring (bicyclic) bond motifs is 6. The van der Waals surface area contributed by atoms with Crippen molar-refractivity contribution < 1.29 is 13.2 Å². The fraction of sp³-hybridized carbons (Fsp3) is 0.0167. The summed E-state index contributed by atoms with van der Waals surface area (Å²) in [6.45, 7) is 0. The number of nitriles is 1. The summed E-state index contributed by atoms with van der Waals surface area (Å²) >= 11 is 0. The van der Waals surface area contributed by atoms with E-state index in [-0.39, 0.29) is 5.56 Å². The van der Waals surface area contributed by atoms with E-state index in [1.54, 1.807) is 18.2 Å². The highest BCUT2D eigenvalue weighted by Crippen LogP contribution is 2.44. The van der Waals surface area contributed by atoms with Crippen LogP contribution in [0.15, 0.2) is 219 Å².